The number of anilines is 1. The first-order valence-electron chi connectivity index (χ1n) is 9.16. The van der Waals surface area contributed by atoms with Crippen LogP contribution < -0.4 is 10.1 Å². The standard InChI is InChI=1S/C19H26N2O4S/c1-25-18-11-10-16(26(23,24)21-12-6-3-7-13-21)14-17(18)20-19(22)15-8-4-2-5-9-15/h2,4,10-11,14-15H,3,5-9,12-13H2,1H3,(H,20,22)/t15-/m1/s1. The van der Waals surface area contributed by atoms with Crippen LogP contribution in [0.5, 0.6) is 5.75 Å². The summed E-state index contributed by atoms with van der Waals surface area (Å²) in [7, 11) is -2.05. The van der Waals surface area contributed by atoms with Gasteiger partial charge in [0, 0.05) is 19.0 Å². The van der Waals surface area contributed by atoms with Crippen LogP contribution in [0.25, 0.3) is 0 Å². The second-order valence-electron chi connectivity index (χ2n) is 6.80. The number of nitrogens with zero attached hydrogens (tertiary/aromatic N) is 1. The summed E-state index contributed by atoms with van der Waals surface area (Å²) in [4.78, 5) is 12.7. The fraction of sp³-hybridized carbons (Fsp3) is 0.526. The van der Waals surface area contributed by atoms with Crippen molar-refractivity contribution in [3.8, 4) is 5.75 Å². The van der Waals surface area contributed by atoms with Crippen LogP contribution in [0.3, 0.4) is 0 Å². The number of sulfonamides is 1. The van der Waals surface area contributed by atoms with Crippen LogP contribution in [0, 0.1) is 5.92 Å². The zero-order valence-electron chi connectivity index (χ0n) is 15.1. The van der Waals surface area contributed by atoms with E-state index < -0.39 is 10.0 Å². The second-order valence-corrected chi connectivity index (χ2v) is 8.74. The normalized spacial score (nSPS) is 21.3. The quantitative estimate of drug-likeness (QED) is 0.799. The van der Waals surface area contributed by atoms with Crippen molar-refractivity contribution < 1.29 is 17.9 Å². The lowest BCUT2D eigenvalue weighted by molar-refractivity contribution is -0.120. The van der Waals surface area contributed by atoms with Gasteiger partial charge in [-0.05, 0) is 50.3 Å². The van der Waals surface area contributed by atoms with E-state index >= 15 is 0 Å². The summed E-state index contributed by atoms with van der Waals surface area (Å²) in [6, 6.07) is 4.66. The highest BCUT2D eigenvalue weighted by Gasteiger charge is 2.27. The average molecular weight is 378 g/mol. The van der Waals surface area contributed by atoms with Crippen LogP contribution in [0.2, 0.25) is 0 Å². The zero-order valence-corrected chi connectivity index (χ0v) is 15.9. The van der Waals surface area contributed by atoms with Gasteiger partial charge in [0.25, 0.3) is 0 Å². The molecule has 1 atom stereocenters. The van der Waals surface area contributed by atoms with Crippen molar-refractivity contribution in [1.29, 1.82) is 0 Å². The van der Waals surface area contributed by atoms with Gasteiger partial charge < -0.3 is 10.1 Å². The number of nitrogens with one attached hydrogen (secondary N) is 1. The summed E-state index contributed by atoms with van der Waals surface area (Å²) >= 11 is 0. The van der Waals surface area contributed by atoms with Crippen molar-refractivity contribution >= 4 is 21.6 Å². The highest BCUT2D eigenvalue weighted by Crippen LogP contribution is 2.31. The predicted molar refractivity (Wildman–Crippen MR) is 101 cm³/mol. The SMILES string of the molecule is COc1ccc(S(=O)(=O)N2CCCCC2)cc1NC(=O)[C@@H]1CC=CCC1. The van der Waals surface area contributed by atoms with Gasteiger partial charge in [0.2, 0.25) is 15.9 Å². The number of allylic oxidation sites excluding steroid dienone is 2. The number of hydrogen-bond acceptors (Lipinski definition) is 4. The van der Waals surface area contributed by atoms with Crippen molar-refractivity contribution in [1.82, 2.24) is 4.31 Å². The van der Waals surface area contributed by atoms with Gasteiger partial charge in [-0.3, -0.25) is 4.79 Å². The number of methoxy groups -OCH3 is 1. The Balaban J connectivity index is 1.84. The maximum atomic E-state index is 12.9. The van der Waals surface area contributed by atoms with Gasteiger partial charge in [0.15, 0.2) is 0 Å². The number of carbonyl (C=O) groups is 1. The molecular weight excluding hydrogens is 352 g/mol. The van der Waals surface area contributed by atoms with Crippen LogP contribution in [0.1, 0.15) is 38.5 Å². The topological polar surface area (TPSA) is 75.7 Å². The summed E-state index contributed by atoms with van der Waals surface area (Å²) in [5, 5.41) is 2.87. The monoisotopic (exact) mass is 378 g/mol. The van der Waals surface area contributed by atoms with Crippen LogP contribution in [0.15, 0.2) is 35.2 Å². The van der Waals surface area contributed by atoms with Crippen LogP contribution in [0.4, 0.5) is 5.69 Å². The molecule has 0 unspecified atom stereocenters. The molecule has 0 bridgehead atoms. The van der Waals surface area contributed by atoms with E-state index in [2.05, 4.69) is 11.4 Å². The van der Waals surface area contributed by atoms with Gasteiger partial charge in [0.1, 0.15) is 5.75 Å². The largest absolute Gasteiger partial charge is 0.495 e. The van der Waals surface area contributed by atoms with E-state index in [1.54, 1.807) is 12.1 Å². The third-order valence-electron chi connectivity index (χ3n) is 5.02. The van der Waals surface area contributed by atoms with Crippen molar-refractivity contribution in [2.24, 2.45) is 5.92 Å². The molecule has 1 aliphatic carbocycles. The molecule has 6 nitrogen and oxygen atoms in total. The minimum atomic E-state index is -3.55. The molecule has 7 heteroatoms. The molecule has 0 saturated carbocycles. The zero-order chi connectivity index (χ0) is 18.6. The van der Waals surface area contributed by atoms with Crippen molar-refractivity contribution in [2.75, 3.05) is 25.5 Å². The first-order chi connectivity index (χ1) is 12.5. The maximum Gasteiger partial charge on any atom is 0.243 e. The molecule has 26 heavy (non-hydrogen) atoms. The third-order valence-corrected chi connectivity index (χ3v) is 6.92. The molecule has 1 heterocycles. The van der Waals surface area contributed by atoms with Crippen LogP contribution >= 0.6 is 0 Å². The number of carbonyl (C=O) groups excluding carboxylic acids is 1. The van der Waals surface area contributed by atoms with Crippen molar-refractivity contribution in [2.45, 2.75) is 43.4 Å². The van der Waals surface area contributed by atoms with E-state index in [0.29, 0.717) is 30.9 Å². The van der Waals surface area contributed by atoms with Gasteiger partial charge in [-0.25, -0.2) is 8.42 Å². The lowest BCUT2D eigenvalue weighted by atomic mass is 9.93. The van der Waals surface area contributed by atoms with Gasteiger partial charge in [-0.1, -0.05) is 18.6 Å². The Morgan fingerprint density at radius 1 is 1.19 bits per heavy atom. The van der Waals surface area contributed by atoms with E-state index in [1.807, 2.05) is 6.08 Å². The van der Waals surface area contributed by atoms with E-state index in [0.717, 1.165) is 32.1 Å². The highest BCUT2D eigenvalue weighted by atomic mass is 32.2. The molecule has 2 aliphatic rings. The second kappa shape index (κ2) is 8.22. The van der Waals surface area contributed by atoms with E-state index in [4.69, 9.17) is 4.74 Å². The average Bonchev–Trinajstić information content (AvgIpc) is 2.69. The Morgan fingerprint density at radius 2 is 1.96 bits per heavy atom. The maximum absolute atomic E-state index is 12.9. The van der Waals surface area contributed by atoms with E-state index in [9.17, 15) is 13.2 Å². The molecule has 3 rings (SSSR count). The molecule has 0 aromatic heterocycles. The molecule has 1 aromatic carbocycles. The summed E-state index contributed by atoms with van der Waals surface area (Å²) in [6.07, 6.45) is 9.32. The molecule has 1 aliphatic heterocycles. The number of piperidine rings is 1. The molecule has 1 saturated heterocycles. The fourth-order valence-electron chi connectivity index (χ4n) is 3.47. The summed E-state index contributed by atoms with van der Waals surface area (Å²) < 4.78 is 32.6. The lowest BCUT2D eigenvalue weighted by Crippen LogP contribution is -2.35. The molecular formula is C19H26N2O4S. The minimum absolute atomic E-state index is 0.0907. The van der Waals surface area contributed by atoms with Crippen LogP contribution in [-0.4, -0.2) is 38.8 Å². The number of rotatable bonds is 5. The Kier molecular flexibility index (Phi) is 5.98. The molecule has 142 valence electrons. The van der Waals surface area contributed by atoms with Gasteiger partial charge in [0.05, 0.1) is 17.7 Å². The van der Waals surface area contributed by atoms with Crippen molar-refractivity contribution in [3.05, 3.63) is 30.4 Å². The highest BCUT2D eigenvalue weighted by molar-refractivity contribution is 7.89. The predicted octanol–water partition coefficient (Wildman–Crippen LogP) is 3.16. The molecule has 0 spiro atoms. The number of ether oxygens (including phenoxy) is 1. The number of hydrogen-bond donors (Lipinski definition) is 1. The summed E-state index contributed by atoms with van der Waals surface area (Å²) in [5.74, 6) is 0.273. The fourth-order valence-corrected chi connectivity index (χ4v) is 5.01. The molecule has 1 aromatic rings. The molecule has 0 radical (unpaired) electrons. The molecule has 1 fully saturated rings. The Morgan fingerprint density at radius 3 is 2.62 bits per heavy atom. The molecule has 1 amide bonds. The Labute approximate surface area is 155 Å². The smallest absolute Gasteiger partial charge is 0.243 e. The summed E-state index contributed by atoms with van der Waals surface area (Å²) in [5.41, 5.74) is 0.408. The molecule has 1 N–H and O–H groups in total. The van der Waals surface area contributed by atoms with Crippen molar-refractivity contribution in [3.63, 3.8) is 0 Å². The lowest BCUT2D eigenvalue weighted by Gasteiger charge is -2.26. The number of benzene rings is 1. The first-order valence-corrected chi connectivity index (χ1v) is 10.6. The summed E-state index contributed by atoms with van der Waals surface area (Å²) in [6.45, 7) is 1.09. The Hall–Kier alpha value is -1.86. The van der Waals surface area contributed by atoms with Gasteiger partial charge >= 0.3 is 0 Å². The third kappa shape index (κ3) is 4.10. The van der Waals surface area contributed by atoms with E-state index in [-0.39, 0.29) is 16.7 Å². The van der Waals surface area contributed by atoms with Gasteiger partial charge in [-0.15, -0.1) is 0 Å². The number of amides is 1. The minimum Gasteiger partial charge on any atom is -0.495 e. The first kappa shape index (κ1) is 18.9. The van der Waals surface area contributed by atoms with Crippen LogP contribution in [-0.2, 0) is 14.8 Å². The van der Waals surface area contributed by atoms with E-state index in [1.165, 1.54) is 17.5 Å². The Bertz CT molecular complexity index is 783. The van der Waals surface area contributed by atoms with Gasteiger partial charge in [-0.2, -0.15) is 4.31 Å².